The van der Waals surface area contributed by atoms with Crippen molar-refractivity contribution in [3.8, 4) is 5.75 Å². The van der Waals surface area contributed by atoms with Crippen molar-refractivity contribution in [2.45, 2.75) is 16.4 Å². The van der Waals surface area contributed by atoms with Gasteiger partial charge in [0.25, 0.3) is 0 Å². The van der Waals surface area contributed by atoms with E-state index in [1.807, 2.05) is 48.5 Å². The van der Waals surface area contributed by atoms with E-state index >= 15 is 0 Å². The SMILES string of the molecule is COc1ccc(Sc2ccc(CO)cc2)cc1. The van der Waals surface area contributed by atoms with E-state index in [4.69, 9.17) is 9.84 Å². The Bertz CT molecular complexity index is 417. The molecule has 17 heavy (non-hydrogen) atoms. The van der Waals surface area contributed by atoms with Gasteiger partial charge in [0.15, 0.2) is 0 Å². The Hall–Kier alpha value is -1.45. The van der Waals surface area contributed by atoms with Crippen LogP contribution < -0.4 is 4.74 Å². The van der Waals surface area contributed by atoms with E-state index in [0.717, 1.165) is 16.2 Å². The van der Waals surface area contributed by atoms with Gasteiger partial charge in [0.05, 0.1) is 13.7 Å². The highest BCUT2D eigenvalue weighted by Crippen LogP contribution is 2.29. The van der Waals surface area contributed by atoms with Crippen LogP contribution in [0.4, 0.5) is 0 Å². The number of ether oxygens (including phenoxy) is 1. The van der Waals surface area contributed by atoms with E-state index in [2.05, 4.69) is 0 Å². The molecule has 2 aromatic rings. The van der Waals surface area contributed by atoms with E-state index in [1.54, 1.807) is 18.9 Å². The Morgan fingerprint density at radius 2 is 1.47 bits per heavy atom. The summed E-state index contributed by atoms with van der Waals surface area (Å²) in [6.45, 7) is 0.0908. The Kier molecular flexibility index (Phi) is 4.07. The van der Waals surface area contributed by atoms with Crippen molar-refractivity contribution < 1.29 is 9.84 Å². The number of benzene rings is 2. The highest BCUT2D eigenvalue weighted by atomic mass is 32.2. The average molecular weight is 246 g/mol. The van der Waals surface area contributed by atoms with Crippen molar-refractivity contribution in [2.75, 3.05) is 7.11 Å². The van der Waals surface area contributed by atoms with Crippen LogP contribution in [0, 0.1) is 0 Å². The van der Waals surface area contributed by atoms with E-state index in [0.29, 0.717) is 0 Å². The molecule has 0 fully saturated rings. The Balaban J connectivity index is 2.08. The first-order valence-corrected chi connectivity index (χ1v) is 6.15. The molecule has 0 aliphatic heterocycles. The molecule has 0 amide bonds. The highest BCUT2D eigenvalue weighted by molar-refractivity contribution is 7.99. The minimum Gasteiger partial charge on any atom is -0.497 e. The number of aliphatic hydroxyl groups excluding tert-OH is 1. The van der Waals surface area contributed by atoms with Gasteiger partial charge in [-0.05, 0) is 42.0 Å². The summed E-state index contributed by atoms with van der Waals surface area (Å²) < 4.78 is 5.11. The summed E-state index contributed by atoms with van der Waals surface area (Å²) in [5.41, 5.74) is 0.934. The van der Waals surface area contributed by atoms with E-state index in [-0.39, 0.29) is 6.61 Å². The van der Waals surface area contributed by atoms with Gasteiger partial charge in [-0.1, -0.05) is 23.9 Å². The Labute approximate surface area is 105 Å². The maximum atomic E-state index is 8.96. The van der Waals surface area contributed by atoms with Crippen molar-refractivity contribution in [1.29, 1.82) is 0 Å². The molecule has 0 bridgehead atoms. The minimum atomic E-state index is 0.0908. The van der Waals surface area contributed by atoms with Crippen LogP contribution in [0.5, 0.6) is 5.75 Å². The summed E-state index contributed by atoms with van der Waals surface area (Å²) in [5.74, 6) is 0.866. The third-order valence-electron chi connectivity index (χ3n) is 2.40. The van der Waals surface area contributed by atoms with Gasteiger partial charge < -0.3 is 9.84 Å². The van der Waals surface area contributed by atoms with E-state index in [9.17, 15) is 0 Å². The zero-order valence-electron chi connectivity index (χ0n) is 9.59. The third-order valence-corrected chi connectivity index (χ3v) is 3.42. The molecule has 1 N–H and O–H groups in total. The molecule has 0 aromatic heterocycles. The second-order valence-corrected chi connectivity index (χ2v) is 4.73. The maximum Gasteiger partial charge on any atom is 0.118 e. The zero-order valence-corrected chi connectivity index (χ0v) is 10.4. The Morgan fingerprint density at radius 1 is 0.941 bits per heavy atom. The van der Waals surface area contributed by atoms with Gasteiger partial charge >= 0.3 is 0 Å². The fraction of sp³-hybridized carbons (Fsp3) is 0.143. The van der Waals surface area contributed by atoms with Crippen molar-refractivity contribution >= 4 is 11.8 Å². The summed E-state index contributed by atoms with van der Waals surface area (Å²) in [6, 6.07) is 15.9. The number of rotatable bonds is 4. The molecule has 3 heteroatoms. The molecule has 2 rings (SSSR count). The molecule has 0 aliphatic rings. The Morgan fingerprint density at radius 3 is 1.94 bits per heavy atom. The molecule has 0 atom stereocenters. The number of hydrogen-bond donors (Lipinski definition) is 1. The van der Waals surface area contributed by atoms with Crippen LogP contribution in [0.3, 0.4) is 0 Å². The molecule has 88 valence electrons. The fourth-order valence-corrected chi connectivity index (χ4v) is 2.26. The first-order chi connectivity index (χ1) is 8.31. The first-order valence-electron chi connectivity index (χ1n) is 5.33. The summed E-state index contributed by atoms with van der Waals surface area (Å²) in [4.78, 5) is 2.33. The molecule has 0 saturated heterocycles. The monoisotopic (exact) mass is 246 g/mol. The lowest BCUT2D eigenvalue weighted by Crippen LogP contribution is -1.83. The van der Waals surface area contributed by atoms with Gasteiger partial charge in [-0.3, -0.25) is 0 Å². The summed E-state index contributed by atoms with van der Waals surface area (Å²) in [6.07, 6.45) is 0. The van der Waals surface area contributed by atoms with Crippen molar-refractivity contribution in [2.24, 2.45) is 0 Å². The zero-order chi connectivity index (χ0) is 12.1. The molecule has 2 aromatic carbocycles. The lowest BCUT2D eigenvalue weighted by atomic mass is 10.2. The van der Waals surface area contributed by atoms with Gasteiger partial charge in [0.1, 0.15) is 5.75 Å². The molecule has 0 unspecified atom stereocenters. The second-order valence-electron chi connectivity index (χ2n) is 3.58. The smallest absolute Gasteiger partial charge is 0.118 e. The number of methoxy groups -OCH3 is 1. The number of hydrogen-bond acceptors (Lipinski definition) is 3. The highest BCUT2D eigenvalue weighted by Gasteiger charge is 1.98. The van der Waals surface area contributed by atoms with Crippen LogP contribution in [-0.4, -0.2) is 12.2 Å². The number of aliphatic hydroxyl groups is 1. The van der Waals surface area contributed by atoms with Crippen LogP contribution >= 0.6 is 11.8 Å². The standard InChI is InChI=1S/C14H14O2S/c1-16-12-4-8-14(9-5-12)17-13-6-2-11(10-15)3-7-13/h2-9,15H,10H2,1H3. The summed E-state index contributed by atoms with van der Waals surface area (Å²) >= 11 is 1.69. The molecule has 0 spiro atoms. The van der Waals surface area contributed by atoms with Crippen molar-refractivity contribution in [3.63, 3.8) is 0 Å². The van der Waals surface area contributed by atoms with Gasteiger partial charge in [-0.2, -0.15) is 0 Å². The summed E-state index contributed by atoms with van der Waals surface area (Å²) in [5, 5.41) is 8.96. The van der Waals surface area contributed by atoms with Crippen molar-refractivity contribution in [3.05, 3.63) is 54.1 Å². The van der Waals surface area contributed by atoms with E-state index in [1.165, 1.54) is 4.90 Å². The lowest BCUT2D eigenvalue weighted by Gasteiger charge is -2.04. The molecular formula is C14H14O2S. The molecule has 2 nitrogen and oxygen atoms in total. The van der Waals surface area contributed by atoms with Gasteiger partial charge in [-0.15, -0.1) is 0 Å². The van der Waals surface area contributed by atoms with Crippen LogP contribution in [0.1, 0.15) is 5.56 Å². The van der Waals surface area contributed by atoms with Gasteiger partial charge in [0, 0.05) is 9.79 Å². The first kappa shape index (κ1) is 12.0. The van der Waals surface area contributed by atoms with E-state index < -0.39 is 0 Å². The normalized spacial score (nSPS) is 10.2. The largest absolute Gasteiger partial charge is 0.497 e. The molecule has 0 heterocycles. The average Bonchev–Trinajstić information content (AvgIpc) is 2.40. The topological polar surface area (TPSA) is 29.5 Å². The molecule has 0 saturated carbocycles. The van der Waals surface area contributed by atoms with Crippen LogP contribution in [0.2, 0.25) is 0 Å². The maximum absolute atomic E-state index is 8.96. The molecule has 0 radical (unpaired) electrons. The minimum absolute atomic E-state index is 0.0908. The molecular weight excluding hydrogens is 232 g/mol. The van der Waals surface area contributed by atoms with Gasteiger partial charge in [0.2, 0.25) is 0 Å². The quantitative estimate of drug-likeness (QED) is 0.897. The fourth-order valence-electron chi connectivity index (χ4n) is 1.44. The summed E-state index contributed by atoms with van der Waals surface area (Å²) in [7, 11) is 1.66. The van der Waals surface area contributed by atoms with Gasteiger partial charge in [-0.25, -0.2) is 0 Å². The van der Waals surface area contributed by atoms with Crippen molar-refractivity contribution in [1.82, 2.24) is 0 Å². The van der Waals surface area contributed by atoms with Crippen LogP contribution in [0.25, 0.3) is 0 Å². The van der Waals surface area contributed by atoms with Crippen LogP contribution in [-0.2, 0) is 6.61 Å². The molecule has 0 aliphatic carbocycles. The third kappa shape index (κ3) is 3.25. The second kappa shape index (κ2) is 5.75. The lowest BCUT2D eigenvalue weighted by molar-refractivity contribution is 0.282. The predicted octanol–water partition coefficient (Wildman–Crippen LogP) is 3.34. The predicted molar refractivity (Wildman–Crippen MR) is 69.5 cm³/mol. The van der Waals surface area contributed by atoms with Crippen LogP contribution in [0.15, 0.2) is 58.3 Å².